The molecule has 0 aromatic heterocycles. The van der Waals surface area contributed by atoms with Gasteiger partial charge in [-0.2, -0.15) is 0 Å². The number of alkyl halides is 1. The van der Waals surface area contributed by atoms with Crippen LogP contribution in [-0.2, 0) is 4.79 Å². The molecule has 1 aliphatic carbocycles. The molecule has 0 bridgehead atoms. The fourth-order valence-corrected chi connectivity index (χ4v) is 3.87. The van der Waals surface area contributed by atoms with Crippen LogP contribution >= 0.6 is 15.9 Å². The van der Waals surface area contributed by atoms with Gasteiger partial charge in [-0.05, 0) is 31.6 Å². The molecule has 1 aliphatic rings. The summed E-state index contributed by atoms with van der Waals surface area (Å²) in [5.74, 6) is 1.05. The largest absolute Gasteiger partial charge is 0.341 e. The molecule has 1 amide bonds. The van der Waals surface area contributed by atoms with Crippen molar-refractivity contribution < 1.29 is 4.79 Å². The van der Waals surface area contributed by atoms with Gasteiger partial charge in [0, 0.05) is 23.8 Å². The molecule has 19 heavy (non-hydrogen) atoms. The summed E-state index contributed by atoms with van der Waals surface area (Å²) in [6.07, 6.45) is 8.02. The van der Waals surface area contributed by atoms with Gasteiger partial charge in [0.1, 0.15) is 0 Å². The zero-order valence-electron chi connectivity index (χ0n) is 12.9. The molecule has 0 unspecified atom stereocenters. The maximum absolute atomic E-state index is 13.0. The van der Waals surface area contributed by atoms with Crippen LogP contribution in [0.4, 0.5) is 0 Å². The van der Waals surface area contributed by atoms with Crippen molar-refractivity contribution in [1.82, 2.24) is 4.90 Å². The van der Waals surface area contributed by atoms with E-state index >= 15 is 0 Å². The minimum atomic E-state index is -0.0376. The average molecular weight is 332 g/mol. The molecular formula is C16H30BrNO. The number of rotatable bonds is 8. The van der Waals surface area contributed by atoms with Gasteiger partial charge in [0.05, 0.1) is 0 Å². The molecule has 0 saturated heterocycles. The molecule has 112 valence electrons. The van der Waals surface area contributed by atoms with Crippen LogP contribution in [0.15, 0.2) is 0 Å². The Kier molecular flexibility index (Phi) is 7.41. The summed E-state index contributed by atoms with van der Waals surface area (Å²) in [4.78, 5) is 15.1. The lowest BCUT2D eigenvalue weighted by Crippen LogP contribution is -2.44. The third-order valence-electron chi connectivity index (χ3n) is 4.24. The van der Waals surface area contributed by atoms with Crippen LogP contribution in [0.1, 0.15) is 65.7 Å². The number of hydrogen-bond donors (Lipinski definition) is 0. The Morgan fingerprint density at radius 2 is 1.89 bits per heavy atom. The van der Waals surface area contributed by atoms with E-state index < -0.39 is 0 Å². The smallest absolute Gasteiger partial charge is 0.228 e. The third-order valence-corrected chi connectivity index (χ3v) is 4.59. The minimum absolute atomic E-state index is 0.0376. The highest BCUT2D eigenvalue weighted by atomic mass is 79.9. The second-order valence-electron chi connectivity index (χ2n) is 6.42. The van der Waals surface area contributed by atoms with Crippen molar-refractivity contribution in [3.63, 3.8) is 0 Å². The average Bonchev–Trinajstić information content (AvgIpc) is 2.82. The normalized spacial score (nSPS) is 17.9. The van der Waals surface area contributed by atoms with Gasteiger partial charge < -0.3 is 4.90 Å². The van der Waals surface area contributed by atoms with Gasteiger partial charge in [-0.1, -0.05) is 56.0 Å². The SMILES string of the molecule is CCCCN(CCBr)C(=O)C1(CC(C)C)CCCC1. The molecule has 0 aliphatic heterocycles. The highest BCUT2D eigenvalue weighted by molar-refractivity contribution is 9.09. The summed E-state index contributed by atoms with van der Waals surface area (Å²) in [6, 6.07) is 0. The van der Waals surface area contributed by atoms with E-state index in [2.05, 4.69) is 41.6 Å². The summed E-state index contributed by atoms with van der Waals surface area (Å²) in [6.45, 7) is 8.47. The van der Waals surface area contributed by atoms with Crippen LogP contribution in [0.5, 0.6) is 0 Å². The Morgan fingerprint density at radius 3 is 2.37 bits per heavy atom. The molecule has 3 heteroatoms. The first-order valence-electron chi connectivity index (χ1n) is 7.91. The lowest BCUT2D eigenvalue weighted by Gasteiger charge is -2.35. The van der Waals surface area contributed by atoms with Gasteiger partial charge in [-0.15, -0.1) is 0 Å². The number of halogens is 1. The van der Waals surface area contributed by atoms with E-state index in [-0.39, 0.29) is 5.41 Å². The summed E-state index contributed by atoms with van der Waals surface area (Å²) in [5.41, 5.74) is -0.0376. The molecule has 0 heterocycles. The zero-order chi connectivity index (χ0) is 14.3. The van der Waals surface area contributed by atoms with Gasteiger partial charge in [0.2, 0.25) is 5.91 Å². The number of carbonyl (C=O) groups excluding carboxylic acids is 1. The minimum Gasteiger partial charge on any atom is -0.341 e. The predicted octanol–water partition coefficient (Wildman–Crippen LogP) is 4.62. The fraction of sp³-hybridized carbons (Fsp3) is 0.938. The monoisotopic (exact) mass is 331 g/mol. The van der Waals surface area contributed by atoms with E-state index in [1.807, 2.05) is 0 Å². The zero-order valence-corrected chi connectivity index (χ0v) is 14.5. The van der Waals surface area contributed by atoms with Crippen LogP contribution in [0, 0.1) is 11.3 Å². The molecule has 1 saturated carbocycles. The summed E-state index contributed by atoms with van der Waals surface area (Å²) >= 11 is 3.49. The van der Waals surface area contributed by atoms with Crippen molar-refractivity contribution in [2.24, 2.45) is 11.3 Å². The van der Waals surface area contributed by atoms with Crippen molar-refractivity contribution in [2.45, 2.75) is 65.7 Å². The maximum Gasteiger partial charge on any atom is 0.228 e. The number of nitrogens with zero attached hydrogens (tertiary/aromatic N) is 1. The molecule has 0 atom stereocenters. The lowest BCUT2D eigenvalue weighted by atomic mass is 9.77. The number of hydrogen-bond acceptors (Lipinski definition) is 1. The van der Waals surface area contributed by atoms with E-state index in [0.29, 0.717) is 11.8 Å². The number of unbranched alkanes of at least 4 members (excludes halogenated alkanes) is 1. The molecule has 0 N–H and O–H groups in total. The summed E-state index contributed by atoms with van der Waals surface area (Å²) in [7, 11) is 0. The fourth-order valence-electron chi connectivity index (χ4n) is 3.44. The standard InChI is InChI=1S/C16H30BrNO/c1-4-5-11-18(12-10-17)15(19)16(13-14(2)3)8-6-7-9-16/h14H,4-13H2,1-3H3. The van der Waals surface area contributed by atoms with Gasteiger partial charge in [-0.3, -0.25) is 4.79 Å². The van der Waals surface area contributed by atoms with E-state index in [4.69, 9.17) is 0 Å². The molecular weight excluding hydrogens is 302 g/mol. The quantitative estimate of drug-likeness (QED) is 0.594. The van der Waals surface area contributed by atoms with Crippen molar-refractivity contribution in [3.05, 3.63) is 0 Å². The van der Waals surface area contributed by atoms with Gasteiger partial charge in [0.15, 0.2) is 0 Å². The van der Waals surface area contributed by atoms with Crippen LogP contribution < -0.4 is 0 Å². The van der Waals surface area contributed by atoms with Crippen LogP contribution in [0.25, 0.3) is 0 Å². The van der Waals surface area contributed by atoms with E-state index in [1.165, 1.54) is 12.8 Å². The Labute approximate surface area is 127 Å². The predicted molar refractivity (Wildman–Crippen MR) is 85.6 cm³/mol. The molecule has 2 nitrogen and oxygen atoms in total. The van der Waals surface area contributed by atoms with E-state index in [1.54, 1.807) is 0 Å². The molecule has 0 spiro atoms. The Bertz CT molecular complexity index is 272. The maximum atomic E-state index is 13.0. The number of amides is 1. The third kappa shape index (κ3) is 4.77. The first-order valence-corrected chi connectivity index (χ1v) is 9.03. The van der Waals surface area contributed by atoms with Crippen molar-refractivity contribution >= 4 is 21.8 Å². The molecule has 0 aromatic carbocycles. The first kappa shape index (κ1) is 17.0. The summed E-state index contributed by atoms with van der Waals surface area (Å²) < 4.78 is 0. The van der Waals surface area contributed by atoms with Gasteiger partial charge >= 0.3 is 0 Å². The molecule has 1 rings (SSSR count). The van der Waals surface area contributed by atoms with Crippen LogP contribution in [0.3, 0.4) is 0 Å². The molecule has 1 fully saturated rings. The van der Waals surface area contributed by atoms with Gasteiger partial charge in [0.25, 0.3) is 0 Å². The van der Waals surface area contributed by atoms with Crippen molar-refractivity contribution in [2.75, 3.05) is 18.4 Å². The van der Waals surface area contributed by atoms with Crippen molar-refractivity contribution in [1.29, 1.82) is 0 Å². The van der Waals surface area contributed by atoms with Crippen molar-refractivity contribution in [3.8, 4) is 0 Å². The first-order chi connectivity index (χ1) is 9.05. The molecule has 0 radical (unpaired) electrons. The van der Waals surface area contributed by atoms with E-state index in [9.17, 15) is 4.79 Å². The topological polar surface area (TPSA) is 20.3 Å². The lowest BCUT2D eigenvalue weighted by molar-refractivity contribution is -0.142. The Hall–Kier alpha value is -0.0500. The highest BCUT2D eigenvalue weighted by Gasteiger charge is 2.43. The second-order valence-corrected chi connectivity index (χ2v) is 7.21. The van der Waals surface area contributed by atoms with E-state index in [0.717, 1.165) is 50.5 Å². The highest BCUT2D eigenvalue weighted by Crippen LogP contribution is 2.44. The van der Waals surface area contributed by atoms with Crippen LogP contribution in [-0.4, -0.2) is 29.2 Å². The van der Waals surface area contributed by atoms with Crippen LogP contribution in [0.2, 0.25) is 0 Å². The Balaban J connectivity index is 2.77. The second kappa shape index (κ2) is 8.28. The van der Waals surface area contributed by atoms with Gasteiger partial charge in [-0.25, -0.2) is 0 Å². The summed E-state index contributed by atoms with van der Waals surface area (Å²) in [5, 5.41) is 0.889. The number of carbonyl (C=O) groups is 1. The Morgan fingerprint density at radius 1 is 1.26 bits per heavy atom. The molecule has 0 aromatic rings.